The molecule has 3 aromatic heterocycles. The number of sulfonamides is 1. The molecule has 45 heavy (non-hydrogen) atoms. The number of benzene rings is 3. The lowest BCUT2D eigenvalue weighted by Crippen LogP contribution is -2.25. The van der Waals surface area contributed by atoms with Gasteiger partial charge in [0.2, 0.25) is 10.0 Å². The maximum atomic E-state index is 14.8. The third-order valence-corrected chi connectivity index (χ3v) is 9.93. The summed E-state index contributed by atoms with van der Waals surface area (Å²) in [6.45, 7) is 4.76. The van der Waals surface area contributed by atoms with E-state index in [2.05, 4.69) is 16.8 Å². The van der Waals surface area contributed by atoms with Crippen molar-refractivity contribution in [3.05, 3.63) is 95.3 Å². The quantitative estimate of drug-likeness (QED) is 0.221. The van der Waals surface area contributed by atoms with E-state index in [-0.39, 0.29) is 17.6 Å². The van der Waals surface area contributed by atoms with Gasteiger partial charge in [0.25, 0.3) is 5.91 Å². The Balaban J connectivity index is 1.51. The third-order valence-electron chi connectivity index (χ3n) is 8.74. The molecular weight excluding hydrogens is 591 g/mol. The number of fused-ring (bicyclic) bond motifs is 6. The van der Waals surface area contributed by atoms with Crippen LogP contribution in [0, 0.1) is 12.7 Å². The number of anilines is 1. The molecular formula is C35H31FN4O4S. The number of nitrogens with zero attached hydrogens (tertiary/aromatic N) is 3. The number of aryl methyl sites for hydroxylation is 1. The number of rotatable bonds is 5. The van der Waals surface area contributed by atoms with E-state index in [0.717, 1.165) is 34.2 Å². The summed E-state index contributed by atoms with van der Waals surface area (Å²) in [5.74, 6) is -0.140. The molecule has 3 aromatic carbocycles. The van der Waals surface area contributed by atoms with Gasteiger partial charge < -0.3 is 14.3 Å². The topological polar surface area (TPSA) is 97.4 Å². The van der Waals surface area contributed by atoms with Gasteiger partial charge in [0.1, 0.15) is 17.2 Å². The van der Waals surface area contributed by atoms with Crippen LogP contribution in [0.1, 0.15) is 34.3 Å². The lowest BCUT2D eigenvalue weighted by Gasteiger charge is -2.26. The first-order chi connectivity index (χ1) is 21.5. The number of furan rings is 1. The zero-order valence-electron chi connectivity index (χ0n) is 25.5. The fourth-order valence-corrected chi connectivity index (χ4v) is 6.78. The fourth-order valence-electron chi connectivity index (χ4n) is 6.27. The Hall–Kier alpha value is -4.96. The molecule has 0 spiro atoms. The molecule has 228 valence electrons. The van der Waals surface area contributed by atoms with Gasteiger partial charge in [-0.1, -0.05) is 48.9 Å². The average molecular weight is 623 g/mol. The number of aromatic nitrogens is 2. The highest BCUT2D eigenvalue weighted by molar-refractivity contribution is 7.92. The van der Waals surface area contributed by atoms with E-state index in [1.807, 2.05) is 55.5 Å². The van der Waals surface area contributed by atoms with Crippen LogP contribution in [-0.4, -0.2) is 44.2 Å². The fraction of sp³-hybridized carbons (Fsp3) is 0.200. The van der Waals surface area contributed by atoms with Gasteiger partial charge in [-0.3, -0.25) is 9.10 Å². The van der Waals surface area contributed by atoms with Crippen molar-refractivity contribution >= 4 is 43.5 Å². The number of halogens is 1. The predicted octanol–water partition coefficient (Wildman–Crippen LogP) is 7.10. The summed E-state index contributed by atoms with van der Waals surface area (Å²) in [5.41, 5.74) is 7.15. The maximum Gasteiger partial charge on any atom is 0.255 e. The number of nitrogens with one attached hydrogen (secondary N) is 1. The van der Waals surface area contributed by atoms with E-state index in [4.69, 9.17) is 9.40 Å². The highest BCUT2D eigenvalue weighted by atomic mass is 32.2. The number of hydrogen-bond donors (Lipinski definition) is 1. The minimum atomic E-state index is -3.69. The zero-order valence-corrected chi connectivity index (χ0v) is 26.3. The summed E-state index contributed by atoms with van der Waals surface area (Å²) in [4.78, 5) is 18.4. The Morgan fingerprint density at radius 1 is 1.07 bits per heavy atom. The van der Waals surface area contributed by atoms with Crippen molar-refractivity contribution in [2.75, 3.05) is 24.7 Å². The largest absolute Gasteiger partial charge is 0.455 e. The summed E-state index contributed by atoms with van der Waals surface area (Å²) in [6, 6.07) is 21.8. The highest BCUT2D eigenvalue weighted by Crippen LogP contribution is 2.44. The molecule has 0 fully saturated rings. The van der Waals surface area contributed by atoms with Crippen molar-refractivity contribution < 1.29 is 22.0 Å². The molecule has 1 unspecified atom stereocenters. The summed E-state index contributed by atoms with van der Waals surface area (Å²) in [5, 5.41) is 3.77. The van der Waals surface area contributed by atoms with Crippen LogP contribution in [0.15, 0.2) is 77.2 Å². The van der Waals surface area contributed by atoms with Crippen LogP contribution in [0.25, 0.3) is 55.8 Å². The molecule has 10 heteroatoms. The summed E-state index contributed by atoms with van der Waals surface area (Å²) in [6.07, 6.45) is 1.13. The first-order valence-corrected chi connectivity index (χ1v) is 16.4. The maximum absolute atomic E-state index is 14.8. The molecule has 1 aliphatic heterocycles. The summed E-state index contributed by atoms with van der Waals surface area (Å²) in [7, 11) is -0.661. The van der Waals surface area contributed by atoms with Gasteiger partial charge in [-0.05, 0) is 42.8 Å². The van der Waals surface area contributed by atoms with Crippen LogP contribution >= 0.6 is 0 Å². The Morgan fingerprint density at radius 3 is 2.53 bits per heavy atom. The predicted molar refractivity (Wildman–Crippen MR) is 176 cm³/mol. The first-order valence-electron chi connectivity index (χ1n) is 14.6. The number of carbonyl (C=O) groups excluding carboxylic acids is 1. The molecule has 1 N–H and O–H groups in total. The molecule has 1 aliphatic rings. The number of carbonyl (C=O) groups is 1. The second-order valence-corrected chi connectivity index (χ2v) is 13.7. The smallest absolute Gasteiger partial charge is 0.255 e. The third kappa shape index (κ3) is 4.59. The van der Waals surface area contributed by atoms with Gasteiger partial charge in [0.05, 0.1) is 40.1 Å². The molecule has 0 bridgehead atoms. The van der Waals surface area contributed by atoms with Crippen molar-refractivity contribution in [3.63, 3.8) is 0 Å². The number of hydrogen-bond acceptors (Lipinski definition) is 5. The van der Waals surface area contributed by atoms with E-state index in [1.165, 1.54) is 17.4 Å². The molecule has 4 heterocycles. The van der Waals surface area contributed by atoms with Crippen LogP contribution in [-0.2, 0) is 16.6 Å². The molecule has 7 rings (SSSR count). The molecule has 6 aromatic rings. The van der Waals surface area contributed by atoms with Gasteiger partial charge in [0.15, 0.2) is 0 Å². The van der Waals surface area contributed by atoms with Crippen LogP contribution < -0.4 is 9.62 Å². The minimum Gasteiger partial charge on any atom is -0.455 e. The van der Waals surface area contributed by atoms with Gasteiger partial charge in [-0.2, -0.15) is 0 Å². The standard InChI is InChI=1S/C35H31FN4O4S/c1-19-9-11-21(12-10-19)34-32(35(41)37-3)25-15-24(29(17-31(25)44-34)39(4)45(5,42)43)27-14-13-22-20(2)18-40-28-8-6-7-26(36)23(28)16-30(40)33(22)38-27/h6-17,20H,18H2,1-5H3,(H,37,41). The minimum absolute atomic E-state index is 0.111. The van der Waals surface area contributed by atoms with Gasteiger partial charge in [-0.25, -0.2) is 17.8 Å². The highest BCUT2D eigenvalue weighted by Gasteiger charge is 2.29. The Bertz CT molecular complexity index is 2290. The van der Waals surface area contributed by atoms with Crippen LogP contribution in [0.3, 0.4) is 0 Å². The summed E-state index contributed by atoms with van der Waals surface area (Å²) < 4.78 is 50.1. The Kier molecular flexibility index (Phi) is 6.59. The molecule has 0 radical (unpaired) electrons. The van der Waals surface area contributed by atoms with Gasteiger partial charge in [0, 0.05) is 54.5 Å². The van der Waals surface area contributed by atoms with Crippen molar-refractivity contribution in [2.45, 2.75) is 26.3 Å². The van der Waals surface area contributed by atoms with Crippen molar-refractivity contribution in [1.82, 2.24) is 14.9 Å². The van der Waals surface area contributed by atoms with Crippen LogP contribution in [0.4, 0.5) is 10.1 Å². The molecule has 1 atom stereocenters. The second kappa shape index (κ2) is 10.3. The zero-order chi connectivity index (χ0) is 31.8. The van der Waals surface area contributed by atoms with Crippen molar-refractivity contribution in [1.29, 1.82) is 0 Å². The van der Waals surface area contributed by atoms with Crippen molar-refractivity contribution in [3.8, 4) is 34.0 Å². The van der Waals surface area contributed by atoms with E-state index in [0.29, 0.717) is 56.9 Å². The molecule has 8 nitrogen and oxygen atoms in total. The number of amides is 1. The van der Waals surface area contributed by atoms with Gasteiger partial charge >= 0.3 is 0 Å². The van der Waals surface area contributed by atoms with Gasteiger partial charge in [-0.15, -0.1) is 0 Å². The Labute approximate surface area is 260 Å². The normalized spacial score (nSPS) is 14.4. The lowest BCUT2D eigenvalue weighted by atomic mass is 9.93. The summed E-state index contributed by atoms with van der Waals surface area (Å²) >= 11 is 0. The van der Waals surface area contributed by atoms with E-state index >= 15 is 0 Å². The number of pyridine rings is 1. The molecule has 0 aliphatic carbocycles. The van der Waals surface area contributed by atoms with Crippen molar-refractivity contribution in [2.24, 2.45) is 0 Å². The van der Waals surface area contributed by atoms with E-state index in [9.17, 15) is 17.6 Å². The van der Waals surface area contributed by atoms with Crippen LogP contribution in [0.5, 0.6) is 0 Å². The lowest BCUT2D eigenvalue weighted by molar-refractivity contribution is 0.0964. The molecule has 1 amide bonds. The molecule has 0 saturated carbocycles. The van der Waals surface area contributed by atoms with E-state index in [1.54, 1.807) is 25.2 Å². The Morgan fingerprint density at radius 2 is 1.82 bits per heavy atom. The van der Waals surface area contributed by atoms with E-state index < -0.39 is 10.0 Å². The SMILES string of the molecule is CNC(=O)c1c(-c2ccc(C)cc2)oc2cc(N(C)S(C)(=O)=O)c(-c3ccc4c(n3)-c3cc5c(F)cccc5n3CC4C)cc12. The average Bonchev–Trinajstić information content (AvgIpc) is 3.59. The monoisotopic (exact) mass is 622 g/mol. The molecule has 0 saturated heterocycles. The first kappa shape index (κ1) is 28.8. The van der Waals surface area contributed by atoms with Crippen LogP contribution in [0.2, 0.25) is 0 Å². The second-order valence-electron chi connectivity index (χ2n) is 11.7.